The Labute approximate surface area is 189 Å². The van der Waals surface area contributed by atoms with Gasteiger partial charge in [0.05, 0.1) is 6.10 Å². The number of Topliss-reactive ketones (excluding diaryl/α,β-unsaturated/α-hetero) is 1. The second kappa shape index (κ2) is 7.25. The lowest BCUT2D eigenvalue weighted by atomic mass is 9.44. The maximum absolute atomic E-state index is 17.0. The number of rotatable bonds is 3. The van der Waals surface area contributed by atoms with E-state index in [0.29, 0.717) is 0 Å². The molecule has 9 heteroatoms. The van der Waals surface area contributed by atoms with E-state index in [9.17, 15) is 29.0 Å². The van der Waals surface area contributed by atoms with Crippen LogP contribution in [0.4, 0.5) is 13.2 Å². The number of alkyl halides is 2. The lowest BCUT2D eigenvalue weighted by Gasteiger charge is -2.63. The van der Waals surface area contributed by atoms with Crippen molar-refractivity contribution in [3.8, 4) is 0 Å². The highest BCUT2D eigenvalue weighted by molar-refractivity contribution is 6.04. The van der Waals surface area contributed by atoms with Gasteiger partial charge in [0.15, 0.2) is 18.1 Å². The fraction of sp³-hybridized carbons (Fsp3) is 0.708. The highest BCUT2D eigenvalue weighted by Gasteiger charge is 2.77. The topological polar surface area (TPSA) is 101 Å². The largest absolute Gasteiger partial charge is 0.458 e. The van der Waals surface area contributed by atoms with E-state index < -0.39 is 94.1 Å². The molecule has 3 fully saturated rings. The van der Waals surface area contributed by atoms with Gasteiger partial charge < -0.3 is 14.9 Å². The average molecular weight is 470 g/mol. The van der Waals surface area contributed by atoms with E-state index in [4.69, 9.17) is 4.74 Å². The number of hydrogen-bond donors (Lipinski definition) is 2. The van der Waals surface area contributed by atoms with Gasteiger partial charge in [-0.3, -0.25) is 14.4 Å². The van der Waals surface area contributed by atoms with Crippen molar-refractivity contribution in [2.45, 2.75) is 70.5 Å². The quantitative estimate of drug-likeness (QED) is 0.616. The zero-order valence-corrected chi connectivity index (χ0v) is 19.0. The molecule has 0 radical (unpaired) electrons. The molecule has 9 atom stereocenters. The number of ketones is 2. The van der Waals surface area contributed by atoms with Gasteiger partial charge in [-0.1, -0.05) is 19.9 Å². The van der Waals surface area contributed by atoms with E-state index >= 15 is 8.78 Å². The summed E-state index contributed by atoms with van der Waals surface area (Å²) in [7, 11) is 0. The van der Waals surface area contributed by atoms with Crippen molar-refractivity contribution in [2.75, 3.05) is 6.61 Å². The minimum atomic E-state index is -2.52. The van der Waals surface area contributed by atoms with Crippen LogP contribution in [0.15, 0.2) is 23.6 Å². The Bertz CT molecular complexity index is 993. The number of aliphatic hydroxyl groups is 2. The SMILES string of the molecule is CC(=O)OCC(=O)[C@@]1(O)C(C)C[C@H]2[C@@H]3CC(F)C4=C(F)C(=O)C=C[C@]4(C)[C@@]3(F)C(O)C[C@@]21C. The number of halogens is 3. The Balaban J connectivity index is 1.81. The first-order chi connectivity index (χ1) is 15.2. The standard InChI is InChI=1S/C24H29F3O6/c1-11-7-13-14-8-15(25)19-20(26)16(29)5-6-21(19,3)23(14,27)17(30)9-22(13,4)24(11,32)18(31)10-33-12(2)28/h5-6,11,13-15,17,30,32H,7-10H2,1-4H3/t11?,13-,14-,15?,17?,21-,22-,23-,24-/m0/s1. The van der Waals surface area contributed by atoms with Crippen LogP contribution in [0.3, 0.4) is 0 Å². The molecule has 0 saturated heterocycles. The van der Waals surface area contributed by atoms with Crippen LogP contribution in [0.5, 0.6) is 0 Å². The third-order valence-electron chi connectivity index (χ3n) is 9.12. The minimum Gasteiger partial charge on any atom is -0.458 e. The van der Waals surface area contributed by atoms with E-state index in [1.165, 1.54) is 6.92 Å². The highest BCUT2D eigenvalue weighted by Crippen LogP contribution is 2.71. The molecule has 182 valence electrons. The van der Waals surface area contributed by atoms with Crippen LogP contribution >= 0.6 is 0 Å². The summed E-state index contributed by atoms with van der Waals surface area (Å²) < 4.78 is 51.9. The lowest BCUT2D eigenvalue weighted by Crippen LogP contribution is -2.70. The van der Waals surface area contributed by atoms with Crippen molar-refractivity contribution in [3.05, 3.63) is 23.6 Å². The monoisotopic (exact) mass is 470 g/mol. The summed E-state index contributed by atoms with van der Waals surface area (Å²) in [5.41, 5.74) is -8.40. The van der Waals surface area contributed by atoms with Crippen molar-refractivity contribution in [3.63, 3.8) is 0 Å². The number of allylic oxidation sites excluding steroid dienone is 4. The molecule has 0 aromatic rings. The number of aliphatic hydroxyl groups excluding tert-OH is 1. The van der Waals surface area contributed by atoms with Crippen molar-refractivity contribution in [1.82, 2.24) is 0 Å². The number of hydrogen-bond acceptors (Lipinski definition) is 6. The third-order valence-corrected chi connectivity index (χ3v) is 9.12. The van der Waals surface area contributed by atoms with Crippen LogP contribution in [0.25, 0.3) is 0 Å². The van der Waals surface area contributed by atoms with Crippen molar-refractivity contribution in [2.24, 2.45) is 28.6 Å². The van der Waals surface area contributed by atoms with Gasteiger partial charge in [0.2, 0.25) is 11.6 Å². The molecule has 4 aliphatic rings. The van der Waals surface area contributed by atoms with E-state index in [1.807, 2.05) is 0 Å². The number of carbonyl (C=O) groups is 3. The summed E-state index contributed by atoms with van der Waals surface area (Å²) in [5, 5.41) is 22.8. The van der Waals surface area contributed by atoms with Crippen LogP contribution in [0, 0.1) is 28.6 Å². The van der Waals surface area contributed by atoms with Gasteiger partial charge in [-0.25, -0.2) is 13.2 Å². The molecule has 3 unspecified atom stereocenters. The predicted octanol–water partition coefficient (Wildman–Crippen LogP) is 2.71. The molecule has 0 aromatic heterocycles. The predicted molar refractivity (Wildman–Crippen MR) is 110 cm³/mol. The van der Waals surface area contributed by atoms with Crippen molar-refractivity contribution < 1.29 is 42.5 Å². The maximum atomic E-state index is 17.0. The molecular weight excluding hydrogens is 441 g/mol. The van der Waals surface area contributed by atoms with Gasteiger partial charge in [0.1, 0.15) is 11.8 Å². The zero-order chi connectivity index (χ0) is 24.7. The Hall–Kier alpha value is -2.00. The van der Waals surface area contributed by atoms with Gasteiger partial charge in [-0.2, -0.15) is 0 Å². The van der Waals surface area contributed by atoms with Gasteiger partial charge in [0, 0.05) is 29.2 Å². The number of carbonyl (C=O) groups excluding carboxylic acids is 3. The Morgan fingerprint density at radius 2 is 1.88 bits per heavy atom. The highest BCUT2D eigenvalue weighted by atomic mass is 19.2. The van der Waals surface area contributed by atoms with Gasteiger partial charge in [0.25, 0.3) is 0 Å². The molecular formula is C24H29F3O6. The zero-order valence-electron chi connectivity index (χ0n) is 19.0. The molecule has 0 heterocycles. The molecule has 0 amide bonds. The fourth-order valence-corrected chi connectivity index (χ4v) is 7.50. The van der Waals surface area contributed by atoms with Crippen LogP contribution in [-0.4, -0.2) is 57.9 Å². The molecule has 0 aromatic carbocycles. The Morgan fingerprint density at radius 3 is 2.48 bits per heavy atom. The maximum Gasteiger partial charge on any atom is 0.303 e. The first kappa shape index (κ1) is 24.1. The smallest absolute Gasteiger partial charge is 0.303 e. The molecule has 33 heavy (non-hydrogen) atoms. The van der Waals surface area contributed by atoms with Crippen LogP contribution in [0.1, 0.15) is 47.0 Å². The molecule has 3 saturated carbocycles. The van der Waals surface area contributed by atoms with E-state index in [0.717, 1.165) is 19.1 Å². The van der Waals surface area contributed by atoms with Crippen LogP contribution in [0.2, 0.25) is 0 Å². The van der Waals surface area contributed by atoms with Crippen LogP contribution < -0.4 is 0 Å². The van der Waals surface area contributed by atoms with Gasteiger partial charge >= 0.3 is 5.97 Å². The number of esters is 1. The van der Waals surface area contributed by atoms with Crippen molar-refractivity contribution in [1.29, 1.82) is 0 Å². The second-order valence-electron chi connectivity index (χ2n) is 10.6. The summed E-state index contributed by atoms with van der Waals surface area (Å²) in [6.07, 6.45) is -2.42. The van der Waals surface area contributed by atoms with Gasteiger partial charge in [-0.15, -0.1) is 0 Å². The van der Waals surface area contributed by atoms with E-state index in [-0.39, 0.29) is 12.8 Å². The van der Waals surface area contributed by atoms with E-state index in [1.54, 1.807) is 13.8 Å². The molecule has 4 aliphatic carbocycles. The molecule has 6 nitrogen and oxygen atoms in total. The average Bonchev–Trinajstić information content (AvgIpc) is 2.93. The lowest BCUT2D eigenvalue weighted by molar-refractivity contribution is -0.224. The molecule has 4 rings (SSSR count). The van der Waals surface area contributed by atoms with Crippen molar-refractivity contribution >= 4 is 17.5 Å². The molecule has 0 aliphatic heterocycles. The summed E-state index contributed by atoms with van der Waals surface area (Å²) in [5.74, 6) is -6.41. The van der Waals surface area contributed by atoms with E-state index in [2.05, 4.69) is 0 Å². The third kappa shape index (κ3) is 2.78. The first-order valence-corrected chi connectivity index (χ1v) is 11.2. The summed E-state index contributed by atoms with van der Waals surface area (Å²) in [4.78, 5) is 36.1. The molecule has 0 bridgehead atoms. The summed E-state index contributed by atoms with van der Waals surface area (Å²) >= 11 is 0. The summed E-state index contributed by atoms with van der Waals surface area (Å²) in [6.45, 7) is 4.91. The summed E-state index contributed by atoms with van der Waals surface area (Å²) in [6, 6.07) is 0. The normalized spacial score (nSPS) is 48.8. The first-order valence-electron chi connectivity index (χ1n) is 11.2. The fourth-order valence-electron chi connectivity index (χ4n) is 7.50. The Kier molecular flexibility index (Phi) is 5.30. The van der Waals surface area contributed by atoms with Gasteiger partial charge in [-0.05, 0) is 44.1 Å². The molecule has 0 spiro atoms. The Morgan fingerprint density at radius 1 is 1.24 bits per heavy atom. The minimum absolute atomic E-state index is 0.162. The number of fused-ring (bicyclic) bond motifs is 5. The number of ether oxygens (including phenoxy) is 1. The molecule has 2 N–H and O–H groups in total. The van der Waals surface area contributed by atoms with Crippen LogP contribution in [-0.2, 0) is 19.1 Å². The second-order valence-corrected chi connectivity index (χ2v) is 10.6.